The lowest BCUT2D eigenvalue weighted by atomic mass is 10.2. The molecule has 21 heavy (non-hydrogen) atoms. The highest BCUT2D eigenvalue weighted by Crippen LogP contribution is 2.11. The van der Waals surface area contributed by atoms with Crippen molar-refractivity contribution in [3.63, 3.8) is 0 Å². The fraction of sp³-hybridized carbons (Fsp3) is 0.125. The molecule has 5 heteroatoms. The summed E-state index contributed by atoms with van der Waals surface area (Å²) in [4.78, 5) is 23.3. The molecule has 1 amide bonds. The minimum atomic E-state index is -0.418. The molecular weight excluding hydrogens is 381 g/mol. The maximum Gasteiger partial charge on any atom is 0.310 e. The van der Waals surface area contributed by atoms with Crippen LogP contribution in [0.25, 0.3) is 0 Å². The molecule has 0 spiro atoms. The van der Waals surface area contributed by atoms with Gasteiger partial charge in [-0.3, -0.25) is 9.59 Å². The van der Waals surface area contributed by atoms with E-state index in [2.05, 4.69) is 27.9 Å². The average molecular weight is 395 g/mol. The highest BCUT2D eigenvalue weighted by Gasteiger charge is 2.08. The monoisotopic (exact) mass is 395 g/mol. The molecule has 0 bridgehead atoms. The van der Waals surface area contributed by atoms with Crippen LogP contribution in [0.2, 0.25) is 0 Å². The second kappa shape index (κ2) is 7.78. The lowest BCUT2D eigenvalue weighted by Crippen LogP contribution is -2.21. The van der Waals surface area contributed by atoms with Gasteiger partial charge in [0.15, 0.2) is 6.61 Å². The van der Waals surface area contributed by atoms with Gasteiger partial charge in [-0.2, -0.15) is 0 Å². The number of benzene rings is 2. The summed E-state index contributed by atoms with van der Waals surface area (Å²) in [6, 6.07) is 16.6. The molecule has 108 valence electrons. The predicted molar refractivity (Wildman–Crippen MR) is 88.9 cm³/mol. The van der Waals surface area contributed by atoms with E-state index in [1.807, 2.05) is 42.5 Å². The predicted octanol–water partition coefficient (Wildman–Crippen LogP) is 3.02. The fourth-order valence-corrected chi connectivity index (χ4v) is 2.05. The summed E-state index contributed by atoms with van der Waals surface area (Å²) in [7, 11) is 0. The minimum Gasteiger partial charge on any atom is -0.455 e. The van der Waals surface area contributed by atoms with Gasteiger partial charge in [0.05, 0.1) is 6.42 Å². The third-order valence-electron chi connectivity index (χ3n) is 2.68. The van der Waals surface area contributed by atoms with Gasteiger partial charge >= 0.3 is 5.97 Å². The molecule has 1 N–H and O–H groups in total. The normalized spacial score (nSPS) is 9.95. The maximum absolute atomic E-state index is 11.7. The van der Waals surface area contributed by atoms with Gasteiger partial charge in [-0.1, -0.05) is 30.3 Å². The molecule has 0 fully saturated rings. The molecule has 2 aromatic rings. The quantitative estimate of drug-likeness (QED) is 0.626. The van der Waals surface area contributed by atoms with Crippen molar-refractivity contribution in [3.05, 3.63) is 63.7 Å². The van der Waals surface area contributed by atoms with E-state index in [4.69, 9.17) is 4.74 Å². The van der Waals surface area contributed by atoms with Crippen LogP contribution in [0, 0.1) is 3.57 Å². The molecule has 0 aromatic heterocycles. The van der Waals surface area contributed by atoms with Crippen LogP contribution < -0.4 is 5.32 Å². The number of ether oxygens (including phenoxy) is 1. The third kappa shape index (κ3) is 5.55. The second-order valence-electron chi connectivity index (χ2n) is 4.38. The molecule has 0 radical (unpaired) electrons. The van der Waals surface area contributed by atoms with Crippen molar-refractivity contribution >= 4 is 40.2 Å². The highest BCUT2D eigenvalue weighted by atomic mass is 127. The summed E-state index contributed by atoms with van der Waals surface area (Å²) in [5.41, 5.74) is 1.54. The van der Waals surface area contributed by atoms with Crippen molar-refractivity contribution in [2.24, 2.45) is 0 Å². The molecule has 0 aliphatic carbocycles. The van der Waals surface area contributed by atoms with Crippen LogP contribution in [0.15, 0.2) is 54.6 Å². The summed E-state index contributed by atoms with van der Waals surface area (Å²) >= 11 is 2.18. The van der Waals surface area contributed by atoms with Gasteiger partial charge in [-0.25, -0.2) is 0 Å². The number of halogens is 1. The first-order chi connectivity index (χ1) is 10.1. The van der Waals surface area contributed by atoms with E-state index >= 15 is 0 Å². The van der Waals surface area contributed by atoms with Crippen LogP contribution in [0.5, 0.6) is 0 Å². The van der Waals surface area contributed by atoms with E-state index in [9.17, 15) is 9.59 Å². The number of nitrogens with one attached hydrogen (secondary N) is 1. The topological polar surface area (TPSA) is 55.4 Å². The van der Waals surface area contributed by atoms with E-state index in [1.165, 1.54) is 0 Å². The molecular formula is C16H14INO3. The first-order valence-electron chi connectivity index (χ1n) is 6.38. The van der Waals surface area contributed by atoms with Gasteiger partial charge in [0.2, 0.25) is 0 Å². The zero-order valence-electron chi connectivity index (χ0n) is 11.2. The molecule has 2 aromatic carbocycles. The van der Waals surface area contributed by atoms with E-state index in [-0.39, 0.29) is 18.9 Å². The van der Waals surface area contributed by atoms with Crippen LogP contribution in [0.4, 0.5) is 5.69 Å². The Morgan fingerprint density at radius 2 is 1.67 bits per heavy atom. The number of esters is 1. The molecule has 0 unspecified atom stereocenters. The SMILES string of the molecule is O=C(COC(=O)Cc1ccccc1)Nc1ccc(I)cc1. The molecule has 0 saturated heterocycles. The van der Waals surface area contributed by atoms with E-state index in [0.29, 0.717) is 5.69 Å². The number of carbonyl (C=O) groups excluding carboxylic acids is 2. The van der Waals surface area contributed by atoms with E-state index in [1.54, 1.807) is 12.1 Å². The minimum absolute atomic E-state index is 0.164. The van der Waals surface area contributed by atoms with Crippen molar-refractivity contribution in [3.8, 4) is 0 Å². The number of rotatable bonds is 5. The summed E-state index contributed by atoms with van der Waals surface area (Å²) in [5.74, 6) is -0.767. The zero-order chi connectivity index (χ0) is 15.1. The Morgan fingerprint density at radius 1 is 1.00 bits per heavy atom. The maximum atomic E-state index is 11.7. The summed E-state index contributed by atoms with van der Waals surface area (Å²) in [6.45, 7) is -0.280. The number of anilines is 1. The molecule has 0 saturated carbocycles. The number of carbonyl (C=O) groups is 2. The van der Waals surface area contributed by atoms with Gasteiger partial charge in [0.1, 0.15) is 0 Å². The van der Waals surface area contributed by atoms with Crippen molar-refractivity contribution in [2.45, 2.75) is 6.42 Å². The third-order valence-corrected chi connectivity index (χ3v) is 3.40. The molecule has 4 nitrogen and oxygen atoms in total. The first kappa shape index (κ1) is 15.5. The first-order valence-corrected chi connectivity index (χ1v) is 7.46. The molecule has 2 rings (SSSR count). The van der Waals surface area contributed by atoms with Gasteiger partial charge < -0.3 is 10.1 Å². The molecule has 0 atom stereocenters. The van der Waals surface area contributed by atoms with Crippen molar-refractivity contribution in [2.75, 3.05) is 11.9 Å². The van der Waals surface area contributed by atoms with Crippen LogP contribution in [0.1, 0.15) is 5.56 Å². The Labute approximate surface area is 136 Å². The van der Waals surface area contributed by atoms with Gasteiger partial charge in [0.25, 0.3) is 5.91 Å². The molecule has 0 heterocycles. The number of hydrogen-bond donors (Lipinski definition) is 1. The van der Waals surface area contributed by atoms with Crippen molar-refractivity contribution < 1.29 is 14.3 Å². The lowest BCUT2D eigenvalue weighted by molar-refractivity contribution is -0.146. The van der Waals surface area contributed by atoms with Gasteiger partial charge in [-0.05, 0) is 52.4 Å². The largest absolute Gasteiger partial charge is 0.455 e. The van der Waals surface area contributed by atoms with Crippen LogP contribution >= 0.6 is 22.6 Å². The van der Waals surface area contributed by atoms with Crippen LogP contribution in [-0.4, -0.2) is 18.5 Å². The Bertz CT molecular complexity index is 611. The summed E-state index contributed by atoms with van der Waals surface area (Å²) < 4.78 is 6.03. The number of amides is 1. The Hall–Kier alpha value is -1.89. The van der Waals surface area contributed by atoms with E-state index in [0.717, 1.165) is 9.13 Å². The Balaban J connectivity index is 1.76. The Morgan fingerprint density at radius 3 is 2.33 bits per heavy atom. The summed E-state index contributed by atoms with van der Waals surface area (Å²) in [6.07, 6.45) is 0.164. The van der Waals surface area contributed by atoms with Crippen molar-refractivity contribution in [1.82, 2.24) is 0 Å². The zero-order valence-corrected chi connectivity index (χ0v) is 13.4. The van der Waals surface area contributed by atoms with Gasteiger partial charge in [0, 0.05) is 9.26 Å². The van der Waals surface area contributed by atoms with Gasteiger partial charge in [-0.15, -0.1) is 0 Å². The molecule has 0 aliphatic heterocycles. The number of hydrogen-bond acceptors (Lipinski definition) is 3. The average Bonchev–Trinajstić information content (AvgIpc) is 2.49. The standard InChI is InChI=1S/C16H14INO3/c17-13-6-8-14(9-7-13)18-15(19)11-21-16(20)10-12-4-2-1-3-5-12/h1-9H,10-11H2,(H,18,19). The smallest absolute Gasteiger partial charge is 0.310 e. The highest BCUT2D eigenvalue weighted by molar-refractivity contribution is 14.1. The summed E-state index contributed by atoms with van der Waals surface area (Å²) in [5, 5.41) is 2.67. The fourth-order valence-electron chi connectivity index (χ4n) is 1.69. The molecule has 0 aliphatic rings. The van der Waals surface area contributed by atoms with Crippen molar-refractivity contribution in [1.29, 1.82) is 0 Å². The van der Waals surface area contributed by atoms with E-state index < -0.39 is 5.97 Å². The second-order valence-corrected chi connectivity index (χ2v) is 5.62. The lowest BCUT2D eigenvalue weighted by Gasteiger charge is -2.07. The van der Waals surface area contributed by atoms with Crippen LogP contribution in [-0.2, 0) is 20.7 Å². The van der Waals surface area contributed by atoms with Crippen LogP contribution in [0.3, 0.4) is 0 Å². The Kier molecular flexibility index (Phi) is 5.74.